The molecule has 0 aromatic heterocycles. The highest BCUT2D eigenvalue weighted by atomic mass is 16.2. The first-order chi connectivity index (χ1) is 13.3. The monoisotopic (exact) mass is 364 g/mol. The van der Waals surface area contributed by atoms with Gasteiger partial charge in [-0.2, -0.15) is 0 Å². The number of carbonyl (C=O) groups excluding carboxylic acids is 1. The molecule has 2 aromatic rings. The van der Waals surface area contributed by atoms with E-state index in [4.69, 9.17) is 0 Å². The number of amides is 2. The van der Waals surface area contributed by atoms with Crippen LogP contribution in [0.2, 0.25) is 0 Å². The van der Waals surface area contributed by atoms with Crippen molar-refractivity contribution < 1.29 is 4.79 Å². The lowest BCUT2D eigenvalue weighted by Gasteiger charge is -2.34. The van der Waals surface area contributed by atoms with E-state index in [1.807, 2.05) is 23.1 Å². The van der Waals surface area contributed by atoms with Crippen LogP contribution in [0.15, 0.2) is 54.6 Å². The molecule has 2 heterocycles. The number of carbonyl (C=O) groups is 1. The summed E-state index contributed by atoms with van der Waals surface area (Å²) in [6, 6.07) is 18.8. The van der Waals surface area contributed by atoms with Crippen molar-refractivity contribution in [3.63, 3.8) is 0 Å². The molecule has 2 aromatic carbocycles. The van der Waals surface area contributed by atoms with Gasteiger partial charge in [-0.25, -0.2) is 4.79 Å². The van der Waals surface area contributed by atoms with Gasteiger partial charge in [-0.05, 0) is 42.7 Å². The van der Waals surface area contributed by atoms with Crippen molar-refractivity contribution >= 4 is 17.4 Å². The number of piperazine rings is 1. The molecule has 0 unspecified atom stereocenters. The minimum atomic E-state index is 0.00304. The fourth-order valence-corrected chi connectivity index (χ4v) is 3.88. The molecule has 0 atom stereocenters. The highest BCUT2D eigenvalue weighted by molar-refractivity contribution is 5.89. The summed E-state index contributed by atoms with van der Waals surface area (Å²) in [4.78, 5) is 19.3. The Morgan fingerprint density at radius 1 is 0.815 bits per heavy atom. The number of benzene rings is 2. The molecule has 27 heavy (non-hydrogen) atoms. The highest BCUT2D eigenvalue weighted by Crippen LogP contribution is 2.22. The van der Waals surface area contributed by atoms with E-state index in [1.54, 1.807) is 0 Å². The molecule has 2 saturated heterocycles. The zero-order valence-corrected chi connectivity index (χ0v) is 15.8. The molecule has 142 valence electrons. The van der Waals surface area contributed by atoms with E-state index < -0.39 is 0 Å². The second kappa shape index (κ2) is 8.44. The second-order valence-corrected chi connectivity index (χ2v) is 7.42. The van der Waals surface area contributed by atoms with Crippen molar-refractivity contribution in [2.24, 2.45) is 0 Å². The van der Waals surface area contributed by atoms with Crippen LogP contribution in [0.5, 0.6) is 0 Å². The van der Waals surface area contributed by atoms with Gasteiger partial charge in [0, 0.05) is 57.2 Å². The van der Waals surface area contributed by atoms with Crippen molar-refractivity contribution in [1.82, 2.24) is 9.80 Å². The molecule has 1 N–H and O–H groups in total. The zero-order chi connectivity index (χ0) is 18.5. The topological polar surface area (TPSA) is 38.8 Å². The Morgan fingerprint density at radius 3 is 2.15 bits per heavy atom. The Balaban J connectivity index is 1.25. The van der Waals surface area contributed by atoms with Crippen LogP contribution in [0.3, 0.4) is 0 Å². The van der Waals surface area contributed by atoms with Gasteiger partial charge in [-0.1, -0.05) is 30.3 Å². The van der Waals surface area contributed by atoms with Crippen molar-refractivity contribution in [3.8, 4) is 0 Å². The molecule has 2 aliphatic rings. The Labute approximate surface area is 161 Å². The molecule has 2 amide bonds. The van der Waals surface area contributed by atoms with Crippen LogP contribution in [0.1, 0.15) is 18.4 Å². The number of rotatable bonds is 4. The minimum absolute atomic E-state index is 0.00304. The van der Waals surface area contributed by atoms with E-state index in [9.17, 15) is 4.79 Å². The molecule has 5 nitrogen and oxygen atoms in total. The third-order valence-corrected chi connectivity index (χ3v) is 5.50. The maximum Gasteiger partial charge on any atom is 0.321 e. The lowest BCUT2D eigenvalue weighted by molar-refractivity contribution is 0.143. The largest absolute Gasteiger partial charge is 0.372 e. The number of hydrogen-bond acceptors (Lipinski definition) is 3. The Morgan fingerprint density at radius 2 is 1.48 bits per heavy atom. The summed E-state index contributed by atoms with van der Waals surface area (Å²) < 4.78 is 0. The van der Waals surface area contributed by atoms with Crippen LogP contribution in [0.4, 0.5) is 16.2 Å². The molecule has 5 heteroatoms. The first-order valence-corrected chi connectivity index (χ1v) is 9.95. The van der Waals surface area contributed by atoms with Gasteiger partial charge >= 0.3 is 6.03 Å². The number of anilines is 2. The van der Waals surface area contributed by atoms with E-state index in [0.29, 0.717) is 0 Å². The molecule has 0 saturated carbocycles. The van der Waals surface area contributed by atoms with Gasteiger partial charge in [0.15, 0.2) is 0 Å². The van der Waals surface area contributed by atoms with Crippen LogP contribution < -0.4 is 10.2 Å². The lowest BCUT2D eigenvalue weighted by atomic mass is 10.2. The van der Waals surface area contributed by atoms with E-state index in [1.165, 1.54) is 24.1 Å². The van der Waals surface area contributed by atoms with Gasteiger partial charge in [0.2, 0.25) is 0 Å². The maximum absolute atomic E-state index is 12.6. The fraction of sp³-hybridized carbons (Fsp3) is 0.409. The molecular formula is C22H28N4O. The number of nitrogens with one attached hydrogen (secondary N) is 1. The summed E-state index contributed by atoms with van der Waals surface area (Å²) >= 11 is 0. The van der Waals surface area contributed by atoms with E-state index >= 15 is 0 Å². The summed E-state index contributed by atoms with van der Waals surface area (Å²) in [7, 11) is 0. The molecule has 0 aliphatic carbocycles. The second-order valence-electron chi connectivity index (χ2n) is 7.42. The van der Waals surface area contributed by atoms with E-state index in [2.05, 4.69) is 51.5 Å². The summed E-state index contributed by atoms with van der Waals surface area (Å²) in [5.74, 6) is 0. The number of hydrogen-bond donors (Lipinski definition) is 1. The average Bonchev–Trinajstić information content (AvgIpc) is 3.25. The molecule has 0 spiro atoms. The minimum Gasteiger partial charge on any atom is -0.372 e. The van der Waals surface area contributed by atoms with Gasteiger partial charge in [0.1, 0.15) is 0 Å². The quantitative estimate of drug-likeness (QED) is 0.900. The SMILES string of the molecule is O=C(Nc1ccc(N2CCCC2)cc1)N1CCN(Cc2ccccc2)CC1. The van der Waals surface area contributed by atoms with Crippen molar-refractivity contribution in [1.29, 1.82) is 0 Å². The standard InChI is InChI=1S/C22H28N4O/c27-22(23-20-8-10-21(11-9-20)25-12-4-5-13-25)26-16-14-24(15-17-26)18-19-6-2-1-3-7-19/h1-3,6-11H,4-5,12-18H2,(H,23,27). The Kier molecular flexibility index (Phi) is 5.58. The van der Waals surface area contributed by atoms with Crippen LogP contribution in [0, 0.1) is 0 Å². The average molecular weight is 364 g/mol. The number of nitrogens with zero attached hydrogens (tertiary/aromatic N) is 3. The summed E-state index contributed by atoms with van der Waals surface area (Å²) in [5.41, 5.74) is 3.45. The van der Waals surface area contributed by atoms with Gasteiger partial charge in [-0.15, -0.1) is 0 Å². The predicted octanol–water partition coefficient (Wildman–Crippen LogP) is 3.64. The zero-order valence-electron chi connectivity index (χ0n) is 15.8. The fourth-order valence-electron chi connectivity index (χ4n) is 3.88. The van der Waals surface area contributed by atoms with Crippen LogP contribution in [0.25, 0.3) is 0 Å². The molecule has 4 rings (SSSR count). The van der Waals surface area contributed by atoms with Gasteiger partial charge in [-0.3, -0.25) is 4.90 Å². The summed E-state index contributed by atoms with van der Waals surface area (Å²) in [5, 5.41) is 3.04. The number of urea groups is 1. The van der Waals surface area contributed by atoms with Crippen molar-refractivity contribution in [3.05, 3.63) is 60.2 Å². The highest BCUT2D eigenvalue weighted by Gasteiger charge is 2.21. The third kappa shape index (κ3) is 4.61. The lowest BCUT2D eigenvalue weighted by Crippen LogP contribution is -2.49. The Bertz CT molecular complexity index is 733. The van der Waals surface area contributed by atoms with Crippen LogP contribution in [-0.2, 0) is 6.54 Å². The van der Waals surface area contributed by atoms with Crippen LogP contribution in [-0.4, -0.2) is 55.1 Å². The molecule has 2 fully saturated rings. The molecule has 0 bridgehead atoms. The Hall–Kier alpha value is -2.53. The van der Waals surface area contributed by atoms with Gasteiger partial charge in [0.05, 0.1) is 0 Å². The first kappa shape index (κ1) is 17.9. The van der Waals surface area contributed by atoms with E-state index in [-0.39, 0.29) is 6.03 Å². The third-order valence-electron chi connectivity index (χ3n) is 5.50. The molecule has 0 radical (unpaired) electrons. The van der Waals surface area contributed by atoms with Crippen molar-refractivity contribution in [2.45, 2.75) is 19.4 Å². The predicted molar refractivity (Wildman–Crippen MR) is 110 cm³/mol. The molecule has 2 aliphatic heterocycles. The maximum atomic E-state index is 12.6. The smallest absolute Gasteiger partial charge is 0.321 e. The summed E-state index contributed by atoms with van der Waals surface area (Å²) in [6.45, 7) is 6.59. The van der Waals surface area contributed by atoms with Gasteiger partial charge < -0.3 is 15.1 Å². The van der Waals surface area contributed by atoms with Crippen LogP contribution >= 0.6 is 0 Å². The summed E-state index contributed by atoms with van der Waals surface area (Å²) in [6.07, 6.45) is 2.55. The van der Waals surface area contributed by atoms with E-state index in [0.717, 1.165) is 51.5 Å². The van der Waals surface area contributed by atoms with Gasteiger partial charge in [0.25, 0.3) is 0 Å². The van der Waals surface area contributed by atoms with Crippen molar-refractivity contribution in [2.75, 3.05) is 49.5 Å². The molecular weight excluding hydrogens is 336 g/mol. The first-order valence-electron chi connectivity index (χ1n) is 9.95. The normalized spacial score (nSPS) is 17.9.